The van der Waals surface area contributed by atoms with Gasteiger partial charge in [-0.15, -0.1) is 0 Å². The number of ether oxygens (including phenoxy) is 1. The lowest BCUT2D eigenvalue weighted by Crippen LogP contribution is -2.42. The van der Waals surface area contributed by atoms with Crippen molar-refractivity contribution in [3.05, 3.63) is 23.8 Å². The second-order valence-electron chi connectivity index (χ2n) is 6.07. The molecule has 1 aromatic carbocycles. The van der Waals surface area contributed by atoms with Gasteiger partial charge in [-0.2, -0.15) is 0 Å². The third-order valence-corrected chi connectivity index (χ3v) is 4.44. The predicted octanol–water partition coefficient (Wildman–Crippen LogP) is 2.24. The molecule has 1 saturated heterocycles. The minimum atomic E-state index is 0.655. The van der Waals surface area contributed by atoms with Crippen molar-refractivity contribution in [1.29, 1.82) is 0 Å². The van der Waals surface area contributed by atoms with Gasteiger partial charge in [-0.3, -0.25) is 0 Å². The number of likely N-dealkylation sites (N-methyl/N-ethyl adjacent to an activating group) is 1. The van der Waals surface area contributed by atoms with Crippen LogP contribution in [-0.2, 0) is 6.42 Å². The SMILES string of the molecule is CCOc1ccc(CCN(C)C2CCN(C)CC2)cc1N. The smallest absolute Gasteiger partial charge is 0.142 e. The molecular weight excluding hydrogens is 262 g/mol. The van der Waals surface area contributed by atoms with Crippen LogP contribution < -0.4 is 10.5 Å². The summed E-state index contributed by atoms with van der Waals surface area (Å²) in [6, 6.07) is 6.89. The molecule has 0 spiro atoms. The highest BCUT2D eigenvalue weighted by Gasteiger charge is 2.20. The third-order valence-electron chi connectivity index (χ3n) is 4.44. The second-order valence-corrected chi connectivity index (χ2v) is 6.07. The zero-order valence-corrected chi connectivity index (χ0v) is 13.6. The number of piperidine rings is 1. The van der Waals surface area contributed by atoms with Gasteiger partial charge in [0.2, 0.25) is 0 Å². The summed E-state index contributed by atoms with van der Waals surface area (Å²) in [5.41, 5.74) is 8.06. The molecule has 0 bridgehead atoms. The van der Waals surface area contributed by atoms with E-state index < -0.39 is 0 Å². The Morgan fingerprint density at radius 1 is 1.33 bits per heavy atom. The van der Waals surface area contributed by atoms with Crippen LogP contribution in [0.15, 0.2) is 18.2 Å². The van der Waals surface area contributed by atoms with E-state index in [2.05, 4.69) is 30.0 Å². The molecule has 1 heterocycles. The molecule has 1 fully saturated rings. The van der Waals surface area contributed by atoms with Crippen LogP contribution in [0, 0.1) is 0 Å². The molecule has 0 saturated carbocycles. The molecule has 21 heavy (non-hydrogen) atoms. The van der Waals surface area contributed by atoms with E-state index in [-0.39, 0.29) is 0 Å². The van der Waals surface area contributed by atoms with Crippen LogP contribution in [0.5, 0.6) is 5.75 Å². The maximum atomic E-state index is 6.03. The van der Waals surface area contributed by atoms with Gasteiger partial charge in [-0.1, -0.05) is 6.07 Å². The number of nitrogens with zero attached hydrogens (tertiary/aromatic N) is 2. The summed E-state index contributed by atoms with van der Waals surface area (Å²) in [6.45, 7) is 6.14. The van der Waals surface area contributed by atoms with Crippen LogP contribution in [0.3, 0.4) is 0 Å². The van der Waals surface area contributed by atoms with Gasteiger partial charge in [0.25, 0.3) is 0 Å². The van der Waals surface area contributed by atoms with Crippen LogP contribution >= 0.6 is 0 Å². The Hall–Kier alpha value is -1.26. The number of hydrogen-bond acceptors (Lipinski definition) is 4. The van der Waals surface area contributed by atoms with E-state index in [4.69, 9.17) is 10.5 Å². The monoisotopic (exact) mass is 291 g/mol. The largest absolute Gasteiger partial charge is 0.492 e. The molecule has 0 aliphatic carbocycles. The molecule has 1 aromatic rings. The highest BCUT2D eigenvalue weighted by Crippen LogP contribution is 2.23. The summed E-state index contributed by atoms with van der Waals surface area (Å²) < 4.78 is 5.48. The van der Waals surface area contributed by atoms with Gasteiger partial charge in [0.05, 0.1) is 12.3 Å². The lowest BCUT2D eigenvalue weighted by Gasteiger charge is -2.35. The Balaban J connectivity index is 1.83. The summed E-state index contributed by atoms with van der Waals surface area (Å²) in [4.78, 5) is 4.91. The van der Waals surface area contributed by atoms with Crippen LogP contribution in [-0.4, -0.2) is 56.2 Å². The van der Waals surface area contributed by atoms with E-state index in [0.29, 0.717) is 6.61 Å². The first kappa shape index (κ1) is 16.1. The first-order valence-electron chi connectivity index (χ1n) is 8.00. The minimum absolute atomic E-state index is 0.655. The van der Waals surface area contributed by atoms with Crippen molar-refractivity contribution < 1.29 is 4.74 Å². The van der Waals surface area contributed by atoms with Gasteiger partial charge in [0, 0.05) is 12.6 Å². The van der Waals surface area contributed by atoms with Gasteiger partial charge in [0.15, 0.2) is 0 Å². The normalized spacial score (nSPS) is 17.3. The van der Waals surface area contributed by atoms with Crippen LogP contribution in [0.2, 0.25) is 0 Å². The molecule has 118 valence electrons. The Labute approximate surface area is 128 Å². The minimum Gasteiger partial charge on any atom is -0.492 e. The number of nitrogens with two attached hydrogens (primary N) is 1. The zero-order valence-electron chi connectivity index (χ0n) is 13.6. The van der Waals surface area contributed by atoms with Crippen molar-refractivity contribution in [1.82, 2.24) is 9.80 Å². The fourth-order valence-corrected chi connectivity index (χ4v) is 2.96. The van der Waals surface area contributed by atoms with E-state index in [0.717, 1.165) is 30.4 Å². The zero-order chi connectivity index (χ0) is 15.2. The highest BCUT2D eigenvalue weighted by atomic mass is 16.5. The van der Waals surface area contributed by atoms with Gasteiger partial charge < -0.3 is 20.3 Å². The predicted molar refractivity (Wildman–Crippen MR) is 88.9 cm³/mol. The summed E-state index contributed by atoms with van der Waals surface area (Å²) in [5, 5.41) is 0. The van der Waals surface area contributed by atoms with Gasteiger partial charge >= 0.3 is 0 Å². The number of likely N-dealkylation sites (tertiary alicyclic amines) is 1. The topological polar surface area (TPSA) is 41.7 Å². The summed E-state index contributed by atoms with van der Waals surface area (Å²) in [5.74, 6) is 0.796. The average molecular weight is 291 g/mol. The number of benzene rings is 1. The van der Waals surface area contributed by atoms with Crippen LogP contribution in [0.1, 0.15) is 25.3 Å². The third kappa shape index (κ3) is 4.61. The fourth-order valence-electron chi connectivity index (χ4n) is 2.96. The Morgan fingerprint density at radius 3 is 2.67 bits per heavy atom. The number of hydrogen-bond donors (Lipinski definition) is 1. The van der Waals surface area contributed by atoms with Crippen LogP contribution in [0.4, 0.5) is 5.69 Å². The number of nitrogen functional groups attached to an aromatic ring is 1. The average Bonchev–Trinajstić information content (AvgIpc) is 2.48. The van der Waals surface area contributed by atoms with Gasteiger partial charge in [0.1, 0.15) is 5.75 Å². The molecule has 0 radical (unpaired) electrons. The molecule has 1 aliphatic heterocycles. The number of anilines is 1. The standard InChI is InChI=1S/C17H29N3O/c1-4-21-17-6-5-14(13-16(17)18)7-12-20(3)15-8-10-19(2)11-9-15/h5-6,13,15H,4,7-12,18H2,1-3H3. The Morgan fingerprint density at radius 2 is 2.05 bits per heavy atom. The maximum absolute atomic E-state index is 6.03. The Kier molecular flexibility index (Phi) is 5.88. The Bertz CT molecular complexity index is 442. The lowest BCUT2D eigenvalue weighted by atomic mass is 10.0. The van der Waals surface area contributed by atoms with Gasteiger partial charge in [-0.25, -0.2) is 0 Å². The molecule has 0 unspecified atom stereocenters. The van der Waals surface area contributed by atoms with Crippen molar-refractivity contribution in [2.75, 3.05) is 46.1 Å². The van der Waals surface area contributed by atoms with Crippen molar-refractivity contribution >= 4 is 5.69 Å². The summed E-state index contributed by atoms with van der Waals surface area (Å²) in [6.07, 6.45) is 3.59. The van der Waals surface area contributed by atoms with E-state index in [9.17, 15) is 0 Å². The van der Waals surface area contributed by atoms with Crippen molar-refractivity contribution in [2.45, 2.75) is 32.2 Å². The summed E-state index contributed by atoms with van der Waals surface area (Å²) in [7, 11) is 4.45. The quantitative estimate of drug-likeness (QED) is 0.816. The van der Waals surface area contributed by atoms with Crippen molar-refractivity contribution in [3.8, 4) is 5.75 Å². The first-order chi connectivity index (χ1) is 10.1. The number of rotatable bonds is 6. The first-order valence-corrected chi connectivity index (χ1v) is 8.00. The molecule has 1 aliphatic rings. The van der Waals surface area contributed by atoms with E-state index in [1.807, 2.05) is 19.1 Å². The maximum Gasteiger partial charge on any atom is 0.142 e. The molecule has 2 rings (SSSR count). The molecule has 0 aromatic heterocycles. The molecule has 4 nitrogen and oxygen atoms in total. The van der Waals surface area contributed by atoms with Crippen molar-refractivity contribution in [2.24, 2.45) is 0 Å². The molecule has 0 atom stereocenters. The van der Waals surface area contributed by atoms with Gasteiger partial charge in [-0.05, 0) is 71.1 Å². The fraction of sp³-hybridized carbons (Fsp3) is 0.647. The van der Waals surface area contributed by atoms with E-state index in [1.54, 1.807) is 0 Å². The molecule has 4 heteroatoms. The highest BCUT2D eigenvalue weighted by molar-refractivity contribution is 5.54. The second kappa shape index (κ2) is 7.66. The van der Waals surface area contributed by atoms with Crippen molar-refractivity contribution in [3.63, 3.8) is 0 Å². The molecular formula is C17H29N3O. The summed E-state index contributed by atoms with van der Waals surface area (Å²) >= 11 is 0. The van der Waals surface area contributed by atoms with E-state index in [1.165, 1.54) is 31.5 Å². The lowest BCUT2D eigenvalue weighted by molar-refractivity contribution is 0.145. The van der Waals surface area contributed by atoms with Crippen LogP contribution in [0.25, 0.3) is 0 Å². The van der Waals surface area contributed by atoms with E-state index >= 15 is 0 Å². The molecule has 2 N–H and O–H groups in total. The molecule has 0 amide bonds.